The van der Waals surface area contributed by atoms with Gasteiger partial charge < -0.3 is 4.74 Å². The average molecular weight is 583 g/mol. The first-order valence-electron chi connectivity index (χ1n) is 17.5. The Labute approximate surface area is 262 Å². The van der Waals surface area contributed by atoms with Crippen molar-refractivity contribution in [2.75, 3.05) is 0 Å². The molecule has 5 aliphatic rings. The van der Waals surface area contributed by atoms with E-state index < -0.39 is 0 Å². The van der Waals surface area contributed by atoms with Crippen molar-refractivity contribution >= 4 is 12.0 Å². The largest absolute Gasteiger partial charge is 0.459 e. The third-order valence-corrected chi connectivity index (χ3v) is 14.7. The van der Waals surface area contributed by atoms with Gasteiger partial charge in [-0.25, -0.2) is 4.79 Å². The molecule has 0 saturated heterocycles. The summed E-state index contributed by atoms with van der Waals surface area (Å²) in [6, 6.07) is 10.2. The van der Waals surface area contributed by atoms with Crippen LogP contribution in [-0.4, -0.2) is 12.1 Å². The van der Waals surface area contributed by atoms with E-state index in [2.05, 4.69) is 73.6 Å². The molecule has 0 amide bonds. The van der Waals surface area contributed by atoms with Crippen LogP contribution in [0, 0.1) is 50.2 Å². The van der Waals surface area contributed by atoms with Gasteiger partial charge in [-0.1, -0.05) is 116 Å². The van der Waals surface area contributed by atoms with E-state index in [-0.39, 0.29) is 22.9 Å². The fraction of sp³-hybridized carbons (Fsp3) is 0.683. The van der Waals surface area contributed by atoms with E-state index in [9.17, 15) is 4.79 Å². The zero-order valence-corrected chi connectivity index (χ0v) is 28.5. The lowest BCUT2D eigenvalue weighted by molar-refractivity contribution is -0.210. The summed E-state index contributed by atoms with van der Waals surface area (Å²) in [5, 5.41) is 0. The highest BCUT2D eigenvalue weighted by Gasteiger charge is 2.68. The first-order valence-corrected chi connectivity index (χ1v) is 17.5. The minimum absolute atomic E-state index is 0.0321. The van der Waals surface area contributed by atoms with Crippen LogP contribution in [-0.2, 0) is 9.53 Å². The molecule has 1 aromatic rings. The van der Waals surface area contributed by atoms with Gasteiger partial charge >= 0.3 is 5.97 Å². The summed E-state index contributed by atoms with van der Waals surface area (Å²) in [4.78, 5) is 13.0. The Morgan fingerprint density at radius 3 is 2.28 bits per heavy atom. The minimum atomic E-state index is -0.210. The second-order valence-electron chi connectivity index (χ2n) is 17.8. The van der Waals surface area contributed by atoms with Gasteiger partial charge in [-0.2, -0.15) is 0 Å². The van der Waals surface area contributed by atoms with Crippen LogP contribution in [0.2, 0.25) is 0 Å². The van der Waals surface area contributed by atoms with Crippen molar-refractivity contribution in [1.29, 1.82) is 0 Å². The molecule has 0 aliphatic heterocycles. The van der Waals surface area contributed by atoms with E-state index in [0.717, 1.165) is 24.3 Å². The third-order valence-electron chi connectivity index (χ3n) is 14.7. The van der Waals surface area contributed by atoms with Gasteiger partial charge in [-0.15, -0.1) is 0 Å². The van der Waals surface area contributed by atoms with Crippen molar-refractivity contribution < 1.29 is 9.53 Å². The standard InChI is InChI=1S/C41H58O2/c1-36(2)24-25-38(5)26-27-40(7)30(31(38)28-36)18-19-33-39(6)22-21-34(37(3,4)32(39)20-23-41(33,40)8)43-35(42)17-13-12-16-29-14-10-9-11-15-29/h9-18,31-34H,19-28H2,1-8H3/b16-12+,17-13+/t31-,32-,33+,34-,38+,39-,40+,41+/m1/s1. The smallest absolute Gasteiger partial charge is 0.331 e. The Balaban J connectivity index is 1.21. The van der Waals surface area contributed by atoms with E-state index in [0.29, 0.717) is 33.5 Å². The van der Waals surface area contributed by atoms with E-state index in [1.165, 1.54) is 51.4 Å². The molecule has 2 nitrogen and oxygen atoms in total. The van der Waals surface area contributed by atoms with Gasteiger partial charge in [0.05, 0.1) is 0 Å². The van der Waals surface area contributed by atoms with Crippen molar-refractivity contribution in [1.82, 2.24) is 0 Å². The lowest BCUT2D eigenvalue weighted by atomic mass is 9.33. The summed E-state index contributed by atoms with van der Waals surface area (Å²) in [5.74, 6) is 1.79. The second kappa shape index (κ2) is 10.5. The van der Waals surface area contributed by atoms with E-state index in [1.54, 1.807) is 6.08 Å². The maximum Gasteiger partial charge on any atom is 0.331 e. The van der Waals surface area contributed by atoms with Crippen LogP contribution in [0.25, 0.3) is 6.08 Å². The summed E-state index contributed by atoms with van der Waals surface area (Å²) >= 11 is 0. The van der Waals surface area contributed by atoms with Crippen LogP contribution >= 0.6 is 0 Å². The number of rotatable bonds is 4. The molecule has 6 rings (SSSR count). The second-order valence-corrected chi connectivity index (χ2v) is 17.8. The third kappa shape index (κ3) is 4.93. The van der Waals surface area contributed by atoms with Crippen molar-refractivity contribution in [3.8, 4) is 0 Å². The van der Waals surface area contributed by atoms with E-state index in [4.69, 9.17) is 4.74 Å². The number of ether oxygens (including phenoxy) is 1. The summed E-state index contributed by atoms with van der Waals surface area (Å²) in [5.41, 5.74) is 4.78. The Morgan fingerprint density at radius 1 is 0.814 bits per heavy atom. The monoisotopic (exact) mass is 582 g/mol. The van der Waals surface area contributed by atoms with Crippen LogP contribution in [0.4, 0.5) is 0 Å². The molecule has 234 valence electrons. The molecular formula is C41H58O2. The Kier molecular flexibility index (Phi) is 7.54. The average Bonchev–Trinajstić information content (AvgIpc) is 2.94. The van der Waals surface area contributed by atoms with Crippen molar-refractivity contribution in [3.63, 3.8) is 0 Å². The van der Waals surface area contributed by atoms with Crippen LogP contribution in [0.1, 0.15) is 125 Å². The summed E-state index contributed by atoms with van der Waals surface area (Å²) in [6.45, 7) is 20.5. The molecule has 0 heterocycles. The van der Waals surface area contributed by atoms with Gasteiger partial charge in [-0.3, -0.25) is 0 Å². The Bertz CT molecular complexity index is 1310. The van der Waals surface area contributed by atoms with Crippen molar-refractivity contribution in [3.05, 3.63) is 65.8 Å². The molecule has 1 aromatic carbocycles. The topological polar surface area (TPSA) is 26.3 Å². The van der Waals surface area contributed by atoms with Crippen LogP contribution in [0.3, 0.4) is 0 Å². The molecule has 0 spiro atoms. The molecule has 43 heavy (non-hydrogen) atoms. The van der Waals surface area contributed by atoms with E-state index in [1.807, 2.05) is 42.0 Å². The molecule has 0 N–H and O–H groups in total. The van der Waals surface area contributed by atoms with E-state index >= 15 is 0 Å². The molecule has 0 aromatic heterocycles. The predicted molar refractivity (Wildman–Crippen MR) is 179 cm³/mol. The number of carbonyl (C=O) groups excluding carboxylic acids is 1. The highest BCUT2D eigenvalue weighted by Crippen LogP contribution is 2.75. The fourth-order valence-electron chi connectivity index (χ4n) is 11.7. The molecule has 5 aliphatic carbocycles. The molecule has 8 atom stereocenters. The quantitative estimate of drug-likeness (QED) is 0.153. The van der Waals surface area contributed by atoms with Crippen LogP contribution in [0.15, 0.2) is 60.2 Å². The van der Waals surface area contributed by atoms with Gasteiger partial charge in [0.1, 0.15) is 6.10 Å². The zero-order chi connectivity index (χ0) is 30.9. The number of hydrogen-bond acceptors (Lipinski definition) is 2. The summed E-state index contributed by atoms with van der Waals surface area (Å²) in [6.07, 6.45) is 22.9. The van der Waals surface area contributed by atoms with Gasteiger partial charge in [0.15, 0.2) is 0 Å². The lowest BCUT2D eigenvalue weighted by Gasteiger charge is -2.71. The van der Waals surface area contributed by atoms with Gasteiger partial charge in [0.2, 0.25) is 0 Å². The molecular weight excluding hydrogens is 524 g/mol. The number of hydrogen-bond donors (Lipinski definition) is 0. The Hall–Kier alpha value is -2.09. The maximum absolute atomic E-state index is 13.0. The number of esters is 1. The number of fused-ring (bicyclic) bond motifs is 7. The van der Waals surface area contributed by atoms with Crippen LogP contribution < -0.4 is 0 Å². The van der Waals surface area contributed by atoms with Gasteiger partial charge in [0, 0.05) is 11.5 Å². The van der Waals surface area contributed by atoms with Gasteiger partial charge in [0.25, 0.3) is 0 Å². The predicted octanol–water partition coefficient (Wildman–Crippen LogP) is 11.0. The first kappa shape index (κ1) is 30.9. The molecule has 0 unspecified atom stereocenters. The van der Waals surface area contributed by atoms with Crippen LogP contribution in [0.5, 0.6) is 0 Å². The highest BCUT2D eigenvalue weighted by molar-refractivity contribution is 5.82. The molecule has 4 saturated carbocycles. The number of carbonyl (C=O) groups is 1. The normalized spacial score (nSPS) is 43.2. The maximum atomic E-state index is 13.0. The zero-order valence-electron chi connectivity index (χ0n) is 28.5. The Morgan fingerprint density at radius 2 is 1.53 bits per heavy atom. The lowest BCUT2D eigenvalue weighted by Crippen LogP contribution is -2.64. The number of benzene rings is 1. The minimum Gasteiger partial charge on any atom is -0.459 e. The van der Waals surface area contributed by atoms with Crippen molar-refractivity contribution in [2.24, 2.45) is 50.2 Å². The molecule has 0 radical (unpaired) electrons. The number of allylic oxidation sites excluding steroid dienone is 4. The fourth-order valence-corrected chi connectivity index (χ4v) is 11.7. The summed E-state index contributed by atoms with van der Waals surface area (Å²) < 4.78 is 6.24. The SMILES string of the molecule is CC1(C)CC[C@@]2(C)CC[C@@]3(C)C(=CC[C@H]4[C@]5(C)CC[C@@H](OC(=O)/C=C/C=C/c6ccccc6)C(C)(C)[C@H]5CC[C@@]43C)[C@H]2C1. The van der Waals surface area contributed by atoms with Crippen molar-refractivity contribution in [2.45, 2.75) is 126 Å². The summed E-state index contributed by atoms with van der Waals surface area (Å²) in [7, 11) is 0. The van der Waals surface area contributed by atoms with Gasteiger partial charge in [-0.05, 0) is 115 Å². The highest BCUT2D eigenvalue weighted by atomic mass is 16.5. The molecule has 2 heteroatoms. The first-order chi connectivity index (χ1) is 20.1. The molecule has 4 fully saturated rings. The molecule has 0 bridgehead atoms.